The summed E-state index contributed by atoms with van der Waals surface area (Å²) in [6.45, 7) is 8.66. The van der Waals surface area contributed by atoms with Crippen molar-refractivity contribution in [2.24, 2.45) is 5.92 Å². The van der Waals surface area contributed by atoms with Crippen LogP contribution in [0.5, 0.6) is 0 Å². The van der Waals surface area contributed by atoms with Crippen LogP contribution in [0.2, 0.25) is 5.02 Å². The Morgan fingerprint density at radius 3 is 2.43 bits per heavy atom. The fourth-order valence-electron chi connectivity index (χ4n) is 2.09. The Morgan fingerprint density at radius 2 is 1.87 bits per heavy atom. The van der Waals surface area contributed by atoms with E-state index in [1.54, 1.807) is 0 Å². The molecule has 1 aromatic heterocycles. The van der Waals surface area contributed by atoms with Gasteiger partial charge in [0.05, 0.1) is 16.3 Å². The van der Waals surface area contributed by atoms with Crippen molar-refractivity contribution in [3.63, 3.8) is 0 Å². The number of nitrogens with one attached hydrogen (secondary N) is 2. The molecule has 1 amide bonds. The lowest BCUT2D eigenvalue weighted by Crippen LogP contribution is -2.27. The van der Waals surface area contributed by atoms with Crippen LogP contribution in [0.1, 0.15) is 35.3 Å². The van der Waals surface area contributed by atoms with Crippen LogP contribution < -0.4 is 10.6 Å². The molecule has 5 nitrogen and oxygen atoms in total. The average Bonchev–Trinajstić information content (AvgIpc) is 2.49. The Balaban J connectivity index is 2.10. The van der Waals surface area contributed by atoms with E-state index in [1.807, 2.05) is 39.8 Å². The van der Waals surface area contributed by atoms with Crippen LogP contribution in [-0.2, 0) is 0 Å². The van der Waals surface area contributed by atoms with E-state index >= 15 is 0 Å². The molecule has 0 saturated heterocycles. The van der Waals surface area contributed by atoms with Gasteiger partial charge in [0.2, 0.25) is 5.95 Å². The average molecular weight is 333 g/mol. The zero-order valence-electron chi connectivity index (χ0n) is 13.8. The number of hydrogen-bond donors (Lipinski definition) is 2. The normalized spacial score (nSPS) is 10.7. The number of anilines is 2. The van der Waals surface area contributed by atoms with Gasteiger partial charge in [0.15, 0.2) is 0 Å². The summed E-state index contributed by atoms with van der Waals surface area (Å²) < 4.78 is 0. The molecule has 0 atom stereocenters. The molecular formula is C17H21ClN4O. The molecule has 0 radical (unpaired) electrons. The molecule has 0 aliphatic heterocycles. The van der Waals surface area contributed by atoms with Crippen LogP contribution in [0.4, 0.5) is 11.6 Å². The first-order valence-electron chi connectivity index (χ1n) is 7.51. The highest BCUT2D eigenvalue weighted by Crippen LogP contribution is 2.29. The van der Waals surface area contributed by atoms with Gasteiger partial charge in [-0.05, 0) is 37.0 Å². The molecule has 2 rings (SSSR count). The largest absolute Gasteiger partial charge is 0.352 e. The summed E-state index contributed by atoms with van der Waals surface area (Å²) >= 11 is 6.26. The highest BCUT2D eigenvalue weighted by molar-refractivity contribution is 6.33. The van der Waals surface area contributed by atoms with Crippen LogP contribution in [0, 0.1) is 19.8 Å². The first-order valence-corrected chi connectivity index (χ1v) is 7.88. The van der Waals surface area contributed by atoms with E-state index in [-0.39, 0.29) is 5.91 Å². The van der Waals surface area contributed by atoms with Crippen molar-refractivity contribution in [1.82, 2.24) is 15.3 Å². The van der Waals surface area contributed by atoms with E-state index in [0.29, 0.717) is 29.0 Å². The summed E-state index contributed by atoms with van der Waals surface area (Å²) in [4.78, 5) is 20.3. The van der Waals surface area contributed by atoms with Crippen molar-refractivity contribution in [3.8, 4) is 0 Å². The number of benzene rings is 1. The topological polar surface area (TPSA) is 66.9 Å². The van der Waals surface area contributed by atoms with Gasteiger partial charge < -0.3 is 10.6 Å². The SMILES string of the molecule is Cc1cc(C)c(Nc2ncc(C(=O)NCC(C)C)cn2)c(Cl)c1. The Kier molecular flexibility index (Phi) is 5.55. The number of aromatic nitrogens is 2. The van der Waals surface area contributed by atoms with Crippen LogP contribution in [0.3, 0.4) is 0 Å². The van der Waals surface area contributed by atoms with Crippen molar-refractivity contribution in [2.45, 2.75) is 27.7 Å². The number of rotatable bonds is 5. The van der Waals surface area contributed by atoms with Gasteiger partial charge in [-0.3, -0.25) is 4.79 Å². The highest BCUT2D eigenvalue weighted by Gasteiger charge is 2.10. The molecule has 0 aliphatic carbocycles. The summed E-state index contributed by atoms with van der Waals surface area (Å²) in [5, 5.41) is 6.55. The van der Waals surface area contributed by atoms with E-state index in [2.05, 4.69) is 20.6 Å². The number of halogens is 1. The van der Waals surface area contributed by atoms with Gasteiger partial charge in [-0.1, -0.05) is 31.5 Å². The lowest BCUT2D eigenvalue weighted by atomic mass is 10.1. The molecule has 0 bridgehead atoms. The number of nitrogens with zero attached hydrogens (tertiary/aromatic N) is 2. The molecule has 23 heavy (non-hydrogen) atoms. The number of hydrogen-bond acceptors (Lipinski definition) is 4. The molecule has 0 unspecified atom stereocenters. The monoisotopic (exact) mass is 332 g/mol. The standard InChI is InChI=1S/C17H21ClN4O/c1-10(2)7-19-16(23)13-8-20-17(21-9-13)22-15-12(4)5-11(3)6-14(15)18/h5-6,8-10H,7H2,1-4H3,(H,19,23)(H,20,21,22). The molecule has 0 aliphatic rings. The molecule has 1 aromatic carbocycles. The van der Waals surface area contributed by atoms with Crippen LogP contribution in [0.15, 0.2) is 24.5 Å². The summed E-state index contributed by atoms with van der Waals surface area (Å²) in [7, 11) is 0. The van der Waals surface area contributed by atoms with Gasteiger partial charge >= 0.3 is 0 Å². The van der Waals surface area contributed by atoms with E-state index in [0.717, 1.165) is 16.8 Å². The fourth-order valence-corrected chi connectivity index (χ4v) is 2.46. The third-order valence-electron chi connectivity index (χ3n) is 3.25. The van der Waals surface area contributed by atoms with Gasteiger partial charge in [-0.25, -0.2) is 9.97 Å². The van der Waals surface area contributed by atoms with Crippen molar-refractivity contribution < 1.29 is 4.79 Å². The summed E-state index contributed by atoms with van der Waals surface area (Å²) in [6, 6.07) is 3.91. The van der Waals surface area contributed by atoms with E-state index in [1.165, 1.54) is 12.4 Å². The van der Waals surface area contributed by atoms with Crippen LogP contribution in [0.25, 0.3) is 0 Å². The molecule has 0 saturated carbocycles. The molecule has 122 valence electrons. The minimum atomic E-state index is -0.171. The quantitative estimate of drug-likeness (QED) is 0.872. The van der Waals surface area contributed by atoms with Gasteiger partial charge in [-0.2, -0.15) is 0 Å². The predicted octanol–water partition coefficient (Wildman–Crippen LogP) is 3.88. The second-order valence-electron chi connectivity index (χ2n) is 5.96. The van der Waals surface area contributed by atoms with Gasteiger partial charge in [0.1, 0.15) is 0 Å². The molecule has 0 fully saturated rings. The molecule has 2 N–H and O–H groups in total. The summed E-state index contributed by atoms with van der Waals surface area (Å²) in [5.74, 6) is 0.626. The third-order valence-corrected chi connectivity index (χ3v) is 3.55. The molecule has 2 aromatic rings. The Bertz CT molecular complexity index is 675. The van der Waals surface area contributed by atoms with Gasteiger partial charge in [0, 0.05) is 18.9 Å². The second-order valence-corrected chi connectivity index (χ2v) is 6.37. The maximum atomic E-state index is 11.9. The fraction of sp³-hybridized carbons (Fsp3) is 0.353. The number of carbonyl (C=O) groups excluding carboxylic acids is 1. The maximum Gasteiger partial charge on any atom is 0.254 e. The van der Waals surface area contributed by atoms with Gasteiger partial charge in [0.25, 0.3) is 5.91 Å². The number of carbonyl (C=O) groups is 1. The van der Waals surface area contributed by atoms with E-state index in [9.17, 15) is 4.79 Å². The summed E-state index contributed by atoms with van der Waals surface area (Å²) in [6.07, 6.45) is 3.00. The second kappa shape index (κ2) is 7.42. The molecule has 0 spiro atoms. The zero-order chi connectivity index (χ0) is 17.0. The van der Waals surface area contributed by atoms with Crippen molar-refractivity contribution >= 4 is 29.1 Å². The van der Waals surface area contributed by atoms with Crippen molar-refractivity contribution in [3.05, 3.63) is 46.2 Å². The minimum Gasteiger partial charge on any atom is -0.352 e. The first-order chi connectivity index (χ1) is 10.9. The summed E-state index contributed by atoms with van der Waals surface area (Å²) in [5.41, 5.74) is 3.31. The molecule has 6 heteroatoms. The zero-order valence-corrected chi connectivity index (χ0v) is 14.5. The Hall–Kier alpha value is -2.14. The van der Waals surface area contributed by atoms with E-state index in [4.69, 9.17) is 11.6 Å². The maximum absolute atomic E-state index is 11.9. The predicted molar refractivity (Wildman–Crippen MR) is 93.4 cm³/mol. The smallest absolute Gasteiger partial charge is 0.254 e. The van der Waals surface area contributed by atoms with Gasteiger partial charge in [-0.15, -0.1) is 0 Å². The number of aryl methyl sites for hydroxylation is 2. The van der Waals surface area contributed by atoms with Crippen LogP contribution >= 0.6 is 11.6 Å². The molecular weight excluding hydrogens is 312 g/mol. The minimum absolute atomic E-state index is 0.171. The Labute approximate surface area is 141 Å². The highest BCUT2D eigenvalue weighted by atomic mass is 35.5. The number of amides is 1. The van der Waals surface area contributed by atoms with Crippen molar-refractivity contribution in [1.29, 1.82) is 0 Å². The molecule has 1 heterocycles. The van der Waals surface area contributed by atoms with Crippen molar-refractivity contribution in [2.75, 3.05) is 11.9 Å². The van der Waals surface area contributed by atoms with E-state index < -0.39 is 0 Å². The third kappa shape index (κ3) is 4.66. The lowest BCUT2D eigenvalue weighted by Gasteiger charge is -2.12. The first kappa shape index (κ1) is 17.2. The lowest BCUT2D eigenvalue weighted by molar-refractivity contribution is 0.0948. The Morgan fingerprint density at radius 1 is 1.22 bits per heavy atom. The van der Waals surface area contributed by atoms with Crippen LogP contribution in [-0.4, -0.2) is 22.4 Å².